The molecule has 0 saturated heterocycles. The van der Waals surface area contributed by atoms with Gasteiger partial charge in [0.1, 0.15) is 5.69 Å². The van der Waals surface area contributed by atoms with Crippen LogP contribution in [0, 0.1) is 0 Å². The third-order valence-corrected chi connectivity index (χ3v) is 3.14. The number of carbonyl (C=O) groups is 1. The van der Waals surface area contributed by atoms with Crippen LogP contribution < -0.4 is 0 Å². The number of pyridine rings is 1. The molecule has 0 aliphatic carbocycles. The van der Waals surface area contributed by atoms with Crippen molar-refractivity contribution in [3.8, 4) is 0 Å². The van der Waals surface area contributed by atoms with Crippen molar-refractivity contribution in [3.63, 3.8) is 0 Å². The molecule has 106 valence electrons. The molecule has 1 rings (SSSR count). The van der Waals surface area contributed by atoms with E-state index in [0.717, 1.165) is 32.4 Å². The number of aromatic nitrogens is 1. The first-order valence-corrected chi connectivity index (χ1v) is 7.47. The van der Waals surface area contributed by atoms with Crippen LogP contribution in [0.25, 0.3) is 0 Å². The zero-order valence-electron chi connectivity index (χ0n) is 12.5. The highest BCUT2D eigenvalue weighted by Crippen LogP contribution is 2.08. The quantitative estimate of drug-likeness (QED) is 0.716. The first kappa shape index (κ1) is 15.7. The van der Waals surface area contributed by atoms with E-state index >= 15 is 0 Å². The summed E-state index contributed by atoms with van der Waals surface area (Å²) in [7, 11) is 0. The van der Waals surface area contributed by atoms with Gasteiger partial charge in [0, 0.05) is 19.3 Å². The molecule has 1 aromatic heterocycles. The molecule has 0 bridgehead atoms. The van der Waals surface area contributed by atoms with Crippen molar-refractivity contribution in [3.05, 3.63) is 29.6 Å². The van der Waals surface area contributed by atoms with Gasteiger partial charge in [-0.05, 0) is 37.3 Å². The lowest BCUT2D eigenvalue weighted by atomic mass is 10.1. The van der Waals surface area contributed by atoms with E-state index in [9.17, 15) is 4.79 Å². The van der Waals surface area contributed by atoms with Crippen molar-refractivity contribution in [2.75, 3.05) is 13.1 Å². The minimum atomic E-state index is 0.0609. The maximum Gasteiger partial charge on any atom is 0.272 e. The molecular weight excluding hydrogens is 236 g/mol. The molecule has 0 N–H and O–H groups in total. The van der Waals surface area contributed by atoms with Gasteiger partial charge in [-0.15, -0.1) is 0 Å². The van der Waals surface area contributed by atoms with E-state index in [0.29, 0.717) is 5.69 Å². The average molecular weight is 262 g/mol. The fraction of sp³-hybridized carbons (Fsp3) is 0.625. The van der Waals surface area contributed by atoms with Crippen molar-refractivity contribution < 1.29 is 4.79 Å². The Kier molecular flexibility index (Phi) is 7.16. The van der Waals surface area contributed by atoms with E-state index in [2.05, 4.69) is 25.8 Å². The largest absolute Gasteiger partial charge is 0.337 e. The summed E-state index contributed by atoms with van der Waals surface area (Å²) in [5.74, 6) is 0.0609. The minimum absolute atomic E-state index is 0.0609. The van der Waals surface area contributed by atoms with Crippen molar-refractivity contribution in [1.29, 1.82) is 0 Å². The third kappa shape index (κ3) is 5.01. The summed E-state index contributed by atoms with van der Waals surface area (Å²) in [6, 6.07) is 3.90. The summed E-state index contributed by atoms with van der Waals surface area (Å²) >= 11 is 0. The molecule has 0 radical (unpaired) electrons. The van der Waals surface area contributed by atoms with E-state index in [-0.39, 0.29) is 5.91 Å². The molecule has 0 saturated carbocycles. The highest BCUT2D eigenvalue weighted by Gasteiger charge is 2.15. The SMILES string of the molecule is CCCCc1ccc(C(=O)N(CCC)CCC)nc1. The number of amides is 1. The maximum atomic E-state index is 12.3. The van der Waals surface area contributed by atoms with Gasteiger partial charge in [-0.25, -0.2) is 0 Å². The van der Waals surface area contributed by atoms with Crippen molar-refractivity contribution >= 4 is 5.91 Å². The van der Waals surface area contributed by atoms with Gasteiger partial charge in [0.05, 0.1) is 0 Å². The Morgan fingerprint density at radius 2 is 1.79 bits per heavy atom. The van der Waals surface area contributed by atoms with E-state index in [1.165, 1.54) is 18.4 Å². The molecule has 3 nitrogen and oxygen atoms in total. The van der Waals surface area contributed by atoms with E-state index < -0.39 is 0 Å². The van der Waals surface area contributed by atoms with Crippen LogP contribution in [-0.2, 0) is 6.42 Å². The fourth-order valence-electron chi connectivity index (χ4n) is 2.10. The standard InChI is InChI=1S/C16H26N2O/c1-4-7-8-14-9-10-15(17-13-14)16(19)18(11-5-2)12-6-3/h9-10,13H,4-8,11-12H2,1-3H3. The minimum Gasteiger partial charge on any atom is -0.337 e. The van der Waals surface area contributed by atoms with Gasteiger partial charge in [0.2, 0.25) is 0 Å². The Morgan fingerprint density at radius 3 is 2.26 bits per heavy atom. The molecule has 0 aromatic carbocycles. The van der Waals surface area contributed by atoms with Gasteiger partial charge in [-0.2, -0.15) is 0 Å². The van der Waals surface area contributed by atoms with E-state index in [1.807, 2.05) is 23.2 Å². The second-order valence-corrected chi connectivity index (χ2v) is 4.95. The van der Waals surface area contributed by atoms with Crippen LogP contribution in [0.2, 0.25) is 0 Å². The molecule has 0 aliphatic heterocycles. The van der Waals surface area contributed by atoms with Gasteiger partial charge < -0.3 is 4.90 Å². The number of unbranched alkanes of at least 4 members (excludes halogenated alkanes) is 1. The lowest BCUT2D eigenvalue weighted by molar-refractivity contribution is 0.0749. The number of rotatable bonds is 8. The summed E-state index contributed by atoms with van der Waals surface area (Å²) in [5.41, 5.74) is 1.79. The Balaban J connectivity index is 2.69. The van der Waals surface area contributed by atoms with Crippen molar-refractivity contribution in [1.82, 2.24) is 9.88 Å². The molecular formula is C16H26N2O. The number of hydrogen-bond donors (Lipinski definition) is 0. The fourth-order valence-corrected chi connectivity index (χ4v) is 2.10. The Hall–Kier alpha value is -1.38. The highest BCUT2D eigenvalue weighted by molar-refractivity contribution is 5.92. The van der Waals surface area contributed by atoms with Crippen LogP contribution in [0.4, 0.5) is 0 Å². The monoisotopic (exact) mass is 262 g/mol. The molecule has 19 heavy (non-hydrogen) atoms. The highest BCUT2D eigenvalue weighted by atomic mass is 16.2. The molecule has 0 fully saturated rings. The predicted molar refractivity (Wildman–Crippen MR) is 79.3 cm³/mol. The molecule has 1 amide bonds. The molecule has 0 unspecified atom stereocenters. The van der Waals surface area contributed by atoms with Crippen molar-refractivity contribution in [2.24, 2.45) is 0 Å². The van der Waals surface area contributed by atoms with Crippen LogP contribution in [0.5, 0.6) is 0 Å². The second-order valence-electron chi connectivity index (χ2n) is 4.95. The summed E-state index contributed by atoms with van der Waals surface area (Å²) in [5, 5.41) is 0. The zero-order valence-corrected chi connectivity index (χ0v) is 12.5. The van der Waals surface area contributed by atoms with Crippen LogP contribution in [0.15, 0.2) is 18.3 Å². The zero-order chi connectivity index (χ0) is 14.1. The summed E-state index contributed by atoms with van der Waals surface area (Å²) in [6.07, 6.45) is 7.22. The normalized spacial score (nSPS) is 10.5. The lowest BCUT2D eigenvalue weighted by Gasteiger charge is -2.20. The lowest BCUT2D eigenvalue weighted by Crippen LogP contribution is -2.33. The number of aryl methyl sites for hydroxylation is 1. The number of carbonyl (C=O) groups excluding carboxylic acids is 1. The van der Waals surface area contributed by atoms with Crippen LogP contribution in [0.3, 0.4) is 0 Å². The first-order valence-electron chi connectivity index (χ1n) is 7.47. The molecule has 0 spiro atoms. The van der Waals surface area contributed by atoms with Crippen LogP contribution in [0.1, 0.15) is 62.5 Å². The molecule has 3 heteroatoms. The van der Waals surface area contributed by atoms with E-state index in [1.54, 1.807) is 0 Å². The van der Waals surface area contributed by atoms with E-state index in [4.69, 9.17) is 0 Å². The molecule has 1 aromatic rings. The van der Waals surface area contributed by atoms with Crippen LogP contribution >= 0.6 is 0 Å². The van der Waals surface area contributed by atoms with Gasteiger partial charge in [-0.3, -0.25) is 9.78 Å². The van der Waals surface area contributed by atoms with Gasteiger partial charge >= 0.3 is 0 Å². The number of nitrogens with zero attached hydrogens (tertiary/aromatic N) is 2. The molecule has 1 heterocycles. The Labute approximate surface area is 117 Å². The summed E-state index contributed by atoms with van der Waals surface area (Å²) in [6.45, 7) is 7.99. The number of hydrogen-bond acceptors (Lipinski definition) is 2. The first-order chi connectivity index (χ1) is 9.22. The summed E-state index contributed by atoms with van der Waals surface area (Å²) in [4.78, 5) is 18.5. The predicted octanol–water partition coefficient (Wildman–Crippen LogP) is 3.69. The van der Waals surface area contributed by atoms with Gasteiger partial charge in [0.25, 0.3) is 5.91 Å². The third-order valence-electron chi connectivity index (χ3n) is 3.14. The van der Waals surface area contributed by atoms with Crippen molar-refractivity contribution in [2.45, 2.75) is 52.9 Å². The molecule has 0 atom stereocenters. The van der Waals surface area contributed by atoms with Gasteiger partial charge in [0.15, 0.2) is 0 Å². The maximum absolute atomic E-state index is 12.3. The topological polar surface area (TPSA) is 33.2 Å². The molecule has 0 aliphatic rings. The van der Waals surface area contributed by atoms with Gasteiger partial charge in [-0.1, -0.05) is 33.3 Å². The Morgan fingerprint density at radius 1 is 1.11 bits per heavy atom. The van der Waals surface area contributed by atoms with Crippen LogP contribution in [-0.4, -0.2) is 28.9 Å². The Bertz CT molecular complexity index is 367. The smallest absolute Gasteiger partial charge is 0.272 e. The average Bonchev–Trinajstić information content (AvgIpc) is 2.44. The second kappa shape index (κ2) is 8.68. The summed E-state index contributed by atoms with van der Waals surface area (Å²) < 4.78 is 0.